The summed E-state index contributed by atoms with van der Waals surface area (Å²) in [5, 5.41) is 37.3. The molecule has 0 spiro atoms. The number of aryl methyl sites for hydroxylation is 2. The van der Waals surface area contributed by atoms with Crippen molar-refractivity contribution in [3.05, 3.63) is 308 Å². The van der Waals surface area contributed by atoms with E-state index in [0.29, 0.717) is 0 Å². The molecule has 0 radical (unpaired) electrons. The van der Waals surface area contributed by atoms with Crippen LogP contribution in [-0.4, -0.2) is 15.3 Å². The fraction of sp³-hybridized carbons (Fsp3) is 0.0909. The number of hydrogen-bond acceptors (Lipinski definition) is 3. The monoisotopic (exact) mass is 888 g/mol. The maximum Gasteiger partial charge on any atom is 0.142 e. The second-order valence-electron chi connectivity index (χ2n) is 19.1. The third-order valence-corrected chi connectivity index (χ3v) is 15.7. The van der Waals surface area contributed by atoms with Crippen molar-refractivity contribution in [2.45, 2.75) is 36.6 Å². The minimum atomic E-state index is -1.30. The fourth-order valence-corrected chi connectivity index (χ4v) is 12.5. The van der Waals surface area contributed by atoms with Crippen molar-refractivity contribution in [2.24, 2.45) is 0 Å². The van der Waals surface area contributed by atoms with Crippen molar-refractivity contribution in [1.82, 2.24) is 0 Å². The summed E-state index contributed by atoms with van der Waals surface area (Å²) < 4.78 is 0. The lowest BCUT2D eigenvalue weighted by Gasteiger charge is -2.32. The van der Waals surface area contributed by atoms with Gasteiger partial charge in [-0.15, -0.1) is 0 Å². The van der Waals surface area contributed by atoms with Crippen LogP contribution in [0.5, 0.6) is 0 Å². The lowest BCUT2D eigenvalue weighted by molar-refractivity contribution is 0.123. The molecule has 10 aromatic carbocycles. The highest BCUT2D eigenvalue weighted by Gasteiger charge is 2.48. The third kappa shape index (κ3) is 5.73. The van der Waals surface area contributed by atoms with E-state index < -0.39 is 16.8 Å². The van der Waals surface area contributed by atoms with Gasteiger partial charge >= 0.3 is 0 Å². The first-order valence-electron chi connectivity index (χ1n) is 23.9. The van der Waals surface area contributed by atoms with Gasteiger partial charge in [-0.1, -0.05) is 224 Å². The first kappa shape index (κ1) is 41.3. The van der Waals surface area contributed by atoms with E-state index in [2.05, 4.69) is 122 Å². The summed E-state index contributed by atoms with van der Waals surface area (Å²) in [6.07, 6.45) is 0. The summed E-state index contributed by atoms with van der Waals surface area (Å²) in [4.78, 5) is 0. The van der Waals surface area contributed by atoms with E-state index in [1.54, 1.807) is 0 Å². The molecule has 10 aromatic rings. The summed E-state index contributed by atoms with van der Waals surface area (Å²) in [5.41, 5.74) is 19.3. The maximum atomic E-state index is 12.5. The molecule has 0 atom stereocenters. The molecule has 0 unspecified atom stereocenters. The van der Waals surface area contributed by atoms with Crippen LogP contribution in [0.25, 0.3) is 44.5 Å². The summed E-state index contributed by atoms with van der Waals surface area (Å²) in [6, 6.07) is 78.8. The SMILES string of the molecule is Cc1ccc(C2(O)c3ccccc3-c3ccccc32)cc1C1(O)c2ccccc2-c2ccccc21.Cc1ccc(C2(O)c3ccccc3-c3ccccc32)cc1C1c2ccccc2-c2ccccc21. The van der Waals surface area contributed by atoms with Crippen LogP contribution >= 0.6 is 0 Å². The van der Waals surface area contributed by atoms with Gasteiger partial charge in [0.25, 0.3) is 0 Å². The summed E-state index contributed by atoms with van der Waals surface area (Å²) in [7, 11) is 0. The van der Waals surface area contributed by atoms with E-state index >= 15 is 0 Å². The number of aliphatic hydroxyl groups is 3. The highest BCUT2D eigenvalue weighted by atomic mass is 16.3. The molecule has 14 rings (SSSR count). The summed E-state index contributed by atoms with van der Waals surface area (Å²) in [5.74, 6) is 0.155. The van der Waals surface area contributed by atoms with E-state index in [9.17, 15) is 15.3 Å². The Balaban J connectivity index is 0.000000136. The van der Waals surface area contributed by atoms with Crippen molar-refractivity contribution >= 4 is 0 Å². The zero-order chi connectivity index (χ0) is 46.6. The lowest BCUT2D eigenvalue weighted by Crippen LogP contribution is -2.30. The Morgan fingerprint density at radius 3 is 0.928 bits per heavy atom. The molecule has 0 heterocycles. The highest BCUT2D eigenvalue weighted by Crippen LogP contribution is 2.56. The van der Waals surface area contributed by atoms with Gasteiger partial charge in [0, 0.05) is 39.3 Å². The van der Waals surface area contributed by atoms with Gasteiger partial charge in [-0.3, -0.25) is 0 Å². The molecular formula is C66H48O3. The topological polar surface area (TPSA) is 60.7 Å². The van der Waals surface area contributed by atoms with E-state index in [1.165, 1.54) is 33.4 Å². The van der Waals surface area contributed by atoms with Crippen molar-refractivity contribution in [3.63, 3.8) is 0 Å². The van der Waals surface area contributed by atoms with Crippen molar-refractivity contribution in [2.75, 3.05) is 0 Å². The fourth-order valence-electron chi connectivity index (χ4n) is 12.5. The van der Waals surface area contributed by atoms with Gasteiger partial charge in [0.05, 0.1) is 0 Å². The molecule has 0 aromatic heterocycles. The van der Waals surface area contributed by atoms with Crippen LogP contribution in [0.1, 0.15) is 83.8 Å². The van der Waals surface area contributed by atoms with E-state index in [-0.39, 0.29) is 5.92 Å². The zero-order valence-electron chi connectivity index (χ0n) is 38.4. The minimum absolute atomic E-state index is 0.155. The van der Waals surface area contributed by atoms with Crippen molar-refractivity contribution < 1.29 is 15.3 Å². The van der Waals surface area contributed by atoms with Crippen LogP contribution in [0.4, 0.5) is 0 Å². The van der Waals surface area contributed by atoms with E-state index in [1.807, 2.05) is 122 Å². The number of hydrogen-bond donors (Lipinski definition) is 3. The number of rotatable bonds is 4. The van der Waals surface area contributed by atoms with E-state index in [4.69, 9.17) is 0 Å². The first-order valence-corrected chi connectivity index (χ1v) is 23.9. The number of benzene rings is 10. The lowest BCUT2D eigenvalue weighted by atomic mass is 9.77. The Kier molecular flexibility index (Phi) is 9.15. The van der Waals surface area contributed by atoms with E-state index in [0.717, 1.165) is 89.0 Å². The predicted molar refractivity (Wildman–Crippen MR) is 277 cm³/mol. The van der Waals surface area contributed by atoms with Crippen LogP contribution < -0.4 is 0 Å². The molecule has 3 nitrogen and oxygen atoms in total. The molecule has 4 aliphatic carbocycles. The highest BCUT2D eigenvalue weighted by molar-refractivity contribution is 5.86. The van der Waals surface area contributed by atoms with Crippen molar-refractivity contribution in [1.29, 1.82) is 0 Å². The van der Waals surface area contributed by atoms with Gasteiger partial charge in [-0.2, -0.15) is 0 Å². The quantitative estimate of drug-likeness (QED) is 0.165. The van der Waals surface area contributed by atoms with Gasteiger partial charge in [0.15, 0.2) is 0 Å². The molecule has 0 saturated heterocycles. The molecule has 0 aliphatic heterocycles. The van der Waals surface area contributed by atoms with Crippen LogP contribution in [0.2, 0.25) is 0 Å². The predicted octanol–water partition coefficient (Wildman–Crippen LogP) is 13.9. The summed E-state index contributed by atoms with van der Waals surface area (Å²) in [6.45, 7) is 4.21. The average Bonchev–Trinajstić information content (AvgIpc) is 4.06. The standard InChI is InChI=1S/C33H24O2.C33H24O/c1-21-18-19-22(32(34)27-14-6-2-10-23(27)24-11-3-7-15-28(24)32)20-31(21)33(35)29-16-8-4-12-25(29)26-13-5-9-17-30(26)33;1-21-18-19-22(33(34)30-16-8-6-12-25(30)26-13-7-9-17-31(26)33)20-29(21)32-27-14-4-2-10-23(27)24-11-3-5-15-28(24)32/h2-20,34-35H,1H3;2-20,32,34H,1H3. The largest absolute Gasteiger partial charge is 0.376 e. The van der Waals surface area contributed by atoms with Gasteiger partial charge in [-0.05, 0) is 109 Å². The molecule has 3 heteroatoms. The van der Waals surface area contributed by atoms with Crippen molar-refractivity contribution in [3.8, 4) is 44.5 Å². The minimum Gasteiger partial charge on any atom is -0.376 e. The second-order valence-corrected chi connectivity index (χ2v) is 19.1. The molecule has 0 bridgehead atoms. The van der Waals surface area contributed by atoms with Gasteiger partial charge in [0.1, 0.15) is 16.8 Å². The molecule has 4 aliphatic rings. The average molecular weight is 889 g/mol. The molecule has 0 amide bonds. The van der Waals surface area contributed by atoms with Gasteiger partial charge in [-0.25, -0.2) is 0 Å². The molecular weight excluding hydrogens is 841 g/mol. The smallest absolute Gasteiger partial charge is 0.142 e. The Morgan fingerprint density at radius 1 is 0.261 bits per heavy atom. The van der Waals surface area contributed by atoms with Crippen LogP contribution in [0.15, 0.2) is 231 Å². The molecule has 3 N–H and O–H groups in total. The van der Waals surface area contributed by atoms with Gasteiger partial charge in [0.2, 0.25) is 0 Å². The first-order chi connectivity index (χ1) is 33.7. The molecule has 69 heavy (non-hydrogen) atoms. The van der Waals surface area contributed by atoms with Crippen LogP contribution in [0, 0.1) is 13.8 Å². The summed E-state index contributed by atoms with van der Waals surface area (Å²) >= 11 is 0. The normalized spacial score (nSPS) is 15.3. The van der Waals surface area contributed by atoms with Gasteiger partial charge < -0.3 is 15.3 Å². The molecule has 330 valence electrons. The third-order valence-electron chi connectivity index (χ3n) is 15.7. The van der Waals surface area contributed by atoms with Crippen LogP contribution in [-0.2, 0) is 16.8 Å². The maximum absolute atomic E-state index is 12.5. The van der Waals surface area contributed by atoms with Crippen LogP contribution in [0.3, 0.4) is 0 Å². The second kappa shape index (κ2) is 15.3. The Bertz CT molecular complexity index is 3540. The molecule has 0 fully saturated rings. The number of fused-ring (bicyclic) bond motifs is 12. The zero-order valence-corrected chi connectivity index (χ0v) is 38.4. The Hall–Kier alpha value is -7.92. The Labute approximate surface area is 403 Å². The molecule has 0 saturated carbocycles. The Morgan fingerprint density at radius 2 is 0.551 bits per heavy atom.